The number of nitrogens with two attached hydrogens (primary N) is 1. The molecule has 0 spiro atoms. The first-order chi connectivity index (χ1) is 6.07. The van der Waals surface area contributed by atoms with Gasteiger partial charge in [-0.25, -0.2) is 0 Å². The normalized spacial score (nSPS) is 10.1. The average molecular weight is 198 g/mol. The van der Waals surface area contributed by atoms with Gasteiger partial charge in [0.15, 0.2) is 5.78 Å². The minimum atomic E-state index is -0.0658. The molecule has 0 aromatic heterocycles. The van der Waals surface area contributed by atoms with Crippen molar-refractivity contribution in [2.75, 3.05) is 11.6 Å². The lowest BCUT2D eigenvalue weighted by Crippen LogP contribution is -2.07. The maximum atomic E-state index is 11.4. The molecule has 0 heterocycles. The first-order valence-electron chi connectivity index (χ1n) is 4.02. The zero-order chi connectivity index (χ0) is 10.0. The van der Waals surface area contributed by atoms with E-state index in [1.807, 2.05) is 19.9 Å². The molecule has 0 amide bonds. The molecule has 0 radical (unpaired) electrons. The van der Waals surface area contributed by atoms with Crippen LogP contribution in [-0.2, 0) is 0 Å². The monoisotopic (exact) mass is 197 g/mol. The molecule has 2 nitrogen and oxygen atoms in total. The summed E-state index contributed by atoms with van der Waals surface area (Å²) in [5, 5.41) is 0. The molecule has 13 heavy (non-hydrogen) atoms. The van der Waals surface area contributed by atoms with Crippen molar-refractivity contribution in [3.05, 3.63) is 28.8 Å². The Bertz CT molecular complexity index is 347. The van der Waals surface area contributed by atoms with Gasteiger partial charge in [0.05, 0.1) is 5.88 Å². The second-order valence-corrected chi connectivity index (χ2v) is 3.30. The number of aryl methyl sites for hydroxylation is 1. The Kier molecular flexibility index (Phi) is 2.94. The van der Waals surface area contributed by atoms with Gasteiger partial charge in [0, 0.05) is 11.3 Å². The van der Waals surface area contributed by atoms with E-state index in [1.165, 1.54) is 0 Å². The van der Waals surface area contributed by atoms with E-state index in [9.17, 15) is 4.79 Å². The van der Waals surface area contributed by atoms with Gasteiger partial charge in [-0.15, -0.1) is 11.6 Å². The summed E-state index contributed by atoms with van der Waals surface area (Å²) in [6, 6.07) is 3.64. The van der Waals surface area contributed by atoms with Crippen LogP contribution in [0, 0.1) is 13.8 Å². The molecule has 3 heteroatoms. The van der Waals surface area contributed by atoms with E-state index in [0.29, 0.717) is 11.3 Å². The van der Waals surface area contributed by atoms with Crippen LogP contribution in [0.4, 0.5) is 5.69 Å². The first kappa shape index (κ1) is 10.1. The number of hydrogen-bond acceptors (Lipinski definition) is 2. The van der Waals surface area contributed by atoms with E-state index in [4.69, 9.17) is 17.3 Å². The lowest BCUT2D eigenvalue weighted by atomic mass is 9.98. The molecule has 0 aliphatic carbocycles. The molecule has 70 valence electrons. The number of halogens is 1. The van der Waals surface area contributed by atoms with Crippen molar-refractivity contribution < 1.29 is 4.79 Å². The maximum absolute atomic E-state index is 11.4. The summed E-state index contributed by atoms with van der Waals surface area (Å²) < 4.78 is 0. The second kappa shape index (κ2) is 3.79. The number of rotatable bonds is 2. The Balaban J connectivity index is 3.33. The largest absolute Gasteiger partial charge is 0.398 e. The molecule has 0 aliphatic rings. The molecule has 0 fully saturated rings. The standard InChI is InChI=1S/C10H12ClNO/c1-6-3-4-8(12)7(2)10(6)9(13)5-11/h3-4H,5,12H2,1-2H3. The van der Waals surface area contributed by atoms with Gasteiger partial charge in [-0.3, -0.25) is 4.79 Å². The molecule has 0 atom stereocenters. The van der Waals surface area contributed by atoms with Gasteiger partial charge >= 0.3 is 0 Å². The van der Waals surface area contributed by atoms with Crippen LogP contribution < -0.4 is 5.73 Å². The number of nitrogen functional groups attached to an aromatic ring is 1. The number of Topliss-reactive ketones (excluding diaryl/α,β-unsaturated/α-hetero) is 1. The van der Waals surface area contributed by atoms with Crippen molar-refractivity contribution in [3.63, 3.8) is 0 Å². The fourth-order valence-corrected chi connectivity index (χ4v) is 1.49. The molecule has 0 unspecified atom stereocenters. The third-order valence-corrected chi connectivity index (χ3v) is 2.36. The highest BCUT2D eigenvalue weighted by atomic mass is 35.5. The smallest absolute Gasteiger partial charge is 0.178 e. The molecule has 1 aromatic carbocycles. The summed E-state index contributed by atoms with van der Waals surface area (Å²) in [6.07, 6.45) is 0. The van der Waals surface area contributed by atoms with Crippen LogP contribution in [0.25, 0.3) is 0 Å². The third kappa shape index (κ3) is 1.83. The summed E-state index contributed by atoms with van der Waals surface area (Å²) in [6.45, 7) is 3.72. The fourth-order valence-electron chi connectivity index (χ4n) is 1.36. The summed E-state index contributed by atoms with van der Waals surface area (Å²) >= 11 is 5.49. The average Bonchev–Trinajstić information content (AvgIpc) is 2.12. The summed E-state index contributed by atoms with van der Waals surface area (Å²) in [5.74, 6) is -0.0607. The Hall–Kier alpha value is -1.02. The van der Waals surface area contributed by atoms with Crippen molar-refractivity contribution in [1.82, 2.24) is 0 Å². The van der Waals surface area contributed by atoms with Gasteiger partial charge in [-0.2, -0.15) is 0 Å². The van der Waals surface area contributed by atoms with E-state index in [2.05, 4.69) is 0 Å². The summed E-state index contributed by atoms with van der Waals surface area (Å²) in [5.41, 5.74) is 8.74. The number of ketones is 1. The third-order valence-electron chi connectivity index (χ3n) is 2.12. The topological polar surface area (TPSA) is 43.1 Å². The molecular weight excluding hydrogens is 186 g/mol. The van der Waals surface area contributed by atoms with Gasteiger partial charge in [0.25, 0.3) is 0 Å². The van der Waals surface area contributed by atoms with Crippen LogP contribution in [0.1, 0.15) is 21.5 Å². The van der Waals surface area contributed by atoms with E-state index >= 15 is 0 Å². The summed E-state index contributed by atoms with van der Waals surface area (Å²) in [7, 11) is 0. The Morgan fingerprint density at radius 1 is 1.46 bits per heavy atom. The minimum Gasteiger partial charge on any atom is -0.398 e. The maximum Gasteiger partial charge on any atom is 0.178 e. The van der Waals surface area contributed by atoms with Gasteiger partial charge in [0.2, 0.25) is 0 Å². The van der Waals surface area contributed by atoms with Crippen molar-refractivity contribution in [2.45, 2.75) is 13.8 Å². The number of carbonyl (C=O) groups is 1. The highest BCUT2D eigenvalue weighted by Crippen LogP contribution is 2.20. The number of anilines is 1. The van der Waals surface area contributed by atoms with Crippen LogP contribution >= 0.6 is 11.6 Å². The van der Waals surface area contributed by atoms with Gasteiger partial charge in [-0.05, 0) is 31.0 Å². The highest BCUT2D eigenvalue weighted by molar-refractivity contribution is 6.30. The van der Waals surface area contributed by atoms with Gasteiger partial charge in [-0.1, -0.05) is 6.07 Å². The van der Waals surface area contributed by atoms with E-state index < -0.39 is 0 Å². The predicted octanol–water partition coefficient (Wildman–Crippen LogP) is 2.31. The molecule has 0 bridgehead atoms. The molecule has 0 saturated heterocycles. The number of benzene rings is 1. The molecule has 0 aliphatic heterocycles. The SMILES string of the molecule is Cc1ccc(N)c(C)c1C(=O)CCl. The fraction of sp³-hybridized carbons (Fsp3) is 0.300. The van der Waals surface area contributed by atoms with E-state index in [0.717, 1.165) is 11.1 Å². The van der Waals surface area contributed by atoms with Crippen molar-refractivity contribution in [3.8, 4) is 0 Å². The second-order valence-electron chi connectivity index (χ2n) is 3.03. The Labute approximate surface area is 82.7 Å². The van der Waals surface area contributed by atoms with Crippen LogP contribution in [0.2, 0.25) is 0 Å². The zero-order valence-corrected chi connectivity index (χ0v) is 8.48. The minimum absolute atomic E-state index is 0.00509. The van der Waals surface area contributed by atoms with Crippen LogP contribution in [0.3, 0.4) is 0 Å². The zero-order valence-electron chi connectivity index (χ0n) is 7.73. The van der Waals surface area contributed by atoms with Gasteiger partial charge in [0.1, 0.15) is 0 Å². The van der Waals surface area contributed by atoms with Gasteiger partial charge < -0.3 is 5.73 Å². The lowest BCUT2D eigenvalue weighted by molar-refractivity contribution is 0.102. The molecule has 1 aromatic rings. The lowest BCUT2D eigenvalue weighted by Gasteiger charge is -2.09. The van der Waals surface area contributed by atoms with Crippen LogP contribution in [0.5, 0.6) is 0 Å². The van der Waals surface area contributed by atoms with Crippen LogP contribution in [0.15, 0.2) is 12.1 Å². The van der Waals surface area contributed by atoms with E-state index in [-0.39, 0.29) is 11.7 Å². The number of hydrogen-bond donors (Lipinski definition) is 1. The van der Waals surface area contributed by atoms with Crippen molar-refractivity contribution >= 4 is 23.1 Å². The molecular formula is C10H12ClNO. The number of alkyl halides is 1. The van der Waals surface area contributed by atoms with Crippen molar-refractivity contribution in [2.24, 2.45) is 0 Å². The Morgan fingerprint density at radius 3 is 2.62 bits per heavy atom. The molecule has 1 rings (SSSR count). The van der Waals surface area contributed by atoms with Crippen molar-refractivity contribution in [1.29, 1.82) is 0 Å². The first-order valence-corrected chi connectivity index (χ1v) is 4.56. The predicted molar refractivity (Wildman–Crippen MR) is 55.4 cm³/mol. The number of carbonyl (C=O) groups excluding carboxylic acids is 1. The summed E-state index contributed by atoms with van der Waals surface area (Å²) in [4.78, 5) is 11.4. The highest BCUT2D eigenvalue weighted by Gasteiger charge is 2.12. The van der Waals surface area contributed by atoms with E-state index in [1.54, 1.807) is 6.07 Å². The quantitative estimate of drug-likeness (QED) is 0.449. The molecule has 0 saturated carbocycles. The Morgan fingerprint density at radius 2 is 2.08 bits per heavy atom. The molecule has 2 N–H and O–H groups in total. The van der Waals surface area contributed by atoms with Crippen LogP contribution in [-0.4, -0.2) is 11.7 Å².